The Morgan fingerprint density at radius 2 is 1.59 bits per heavy atom. The molecule has 2 N–H and O–H groups in total. The zero-order valence-corrected chi connectivity index (χ0v) is 11.1. The number of carboxylic acid groups (broad SMARTS) is 1. The van der Waals surface area contributed by atoms with E-state index in [9.17, 15) is 0 Å². The van der Waals surface area contributed by atoms with E-state index in [2.05, 4.69) is 31.2 Å². The second-order valence-corrected chi connectivity index (χ2v) is 3.71. The summed E-state index contributed by atoms with van der Waals surface area (Å²) in [5.74, 6) is -0.833. The summed E-state index contributed by atoms with van der Waals surface area (Å²) < 4.78 is 0. The maximum Gasteiger partial charge on any atom is 0.300 e. The second kappa shape index (κ2) is 17.3. The molecule has 0 spiro atoms. The molecule has 0 atom stereocenters. The van der Waals surface area contributed by atoms with Gasteiger partial charge in [0.2, 0.25) is 0 Å². The molecule has 0 radical (unpaired) electrons. The first-order valence-corrected chi connectivity index (χ1v) is 6.27. The van der Waals surface area contributed by atoms with Crippen LogP contribution in [-0.2, 0) is 4.79 Å². The van der Waals surface area contributed by atoms with E-state index in [1.165, 1.54) is 19.3 Å². The number of allylic oxidation sites excluding steroid dienone is 4. The lowest BCUT2D eigenvalue weighted by Crippen LogP contribution is -1.82. The van der Waals surface area contributed by atoms with Crippen LogP contribution in [0.5, 0.6) is 0 Å². The van der Waals surface area contributed by atoms with Gasteiger partial charge in [-0.1, -0.05) is 44.1 Å². The third-order valence-electron chi connectivity index (χ3n) is 1.90. The van der Waals surface area contributed by atoms with Crippen LogP contribution in [0.15, 0.2) is 24.3 Å². The van der Waals surface area contributed by atoms with Gasteiger partial charge < -0.3 is 10.2 Å². The molecule has 0 aromatic rings. The average Bonchev–Trinajstić information content (AvgIpc) is 2.26. The van der Waals surface area contributed by atoms with E-state index in [0.29, 0.717) is 6.61 Å². The minimum atomic E-state index is -0.833. The minimum Gasteiger partial charge on any atom is -0.481 e. The molecule has 0 aliphatic rings. The summed E-state index contributed by atoms with van der Waals surface area (Å²) in [6.45, 7) is 3.56. The highest BCUT2D eigenvalue weighted by atomic mass is 16.4. The van der Waals surface area contributed by atoms with Gasteiger partial charge in [-0.15, -0.1) is 0 Å². The molecule has 3 nitrogen and oxygen atoms in total. The smallest absolute Gasteiger partial charge is 0.300 e. The van der Waals surface area contributed by atoms with Crippen molar-refractivity contribution in [2.75, 3.05) is 6.61 Å². The van der Waals surface area contributed by atoms with Crippen LogP contribution >= 0.6 is 0 Å². The van der Waals surface area contributed by atoms with Crippen molar-refractivity contribution >= 4 is 5.97 Å². The van der Waals surface area contributed by atoms with Crippen LogP contribution in [0.25, 0.3) is 0 Å². The summed E-state index contributed by atoms with van der Waals surface area (Å²) in [5.41, 5.74) is 0. The minimum absolute atomic E-state index is 0.342. The van der Waals surface area contributed by atoms with E-state index >= 15 is 0 Å². The standard InChI is InChI=1S/C12H22O.C2H4O2/c1-2-3-4-5-6-7-8-9-10-11-12-13;1-2(3)4/h3-6,13H,2,7-12H2,1H3;1H3,(H,3,4)/b4-3-,6-5+;. The molecule has 0 amide bonds. The number of rotatable bonds is 8. The van der Waals surface area contributed by atoms with Crippen molar-refractivity contribution in [1.82, 2.24) is 0 Å². The van der Waals surface area contributed by atoms with E-state index in [0.717, 1.165) is 26.2 Å². The van der Waals surface area contributed by atoms with E-state index in [4.69, 9.17) is 15.0 Å². The van der Waals surface area contributed by atoms with Crippen molar-refractivity contribution < 1.29 is 15.0 Å². The molecule has 0 rings (SSSR count). The van der Waals surface area contributed by atoms with Crippen molar-refractivity contribution in [3.63, 3.8) is 0 Å². The van der Waals surface area contributed by atoms with Crippen molar-refractivity contribution in [3.8, 4) is 0 Å². The van der Waals surface area contributed by atoms with Gasteiger partial charge in [0.1, 0.15) is 0 Å². The molecular formula is C14H26O3. The summed E-state index contributed by atoms with van der Waals surface area (Å²) in [6.07, 6.45) is 15.5. The van der Waals surface area contributed by atoms with Crippen molar-refractivity contribution in [2.45, 2.75) is 52.4 Å². The fourth-order valence-corrected chi connectivity index (χ4v) is 1.12. The first kappa shape index (κ1) is 18.3. The molecule has 0 heterocycles. The highest BCUT2D eigenvalue weighted by Crippen LogP contribution is 2.02. The van der Waals surface area contributed by atoms with Crippen LogP contribution < -0.4 is 0 Å². The third kappa shape index (κ3) is 31.3. The lowest BCUT2D eigenvalue weighted by atomic mass is 10.1. The van der Waals surface area contributed by atoms with Crippen LogP contribution in [0.2, 0.25) is 0 Å². The van der Waals surface area contributed by atoms with Crippen molar-refractivity contribution in [3.05, 3.63) is 24.3 Å². The van der Waals surface area contributed by atoms with Crippen LogP contribution in [-0.4, -0.2) is 22.8 Å². The molecule has 0 aliphatic heterocycles. The van der Waals surface area contributed by atoms with Gasteiger partial charge in [0.25, 0.3) is 5.97 Å². The monoisotopic (exact) mass is 242 g/mol. The Morgan fingerprint density at radius 3 is 2.12 bits per heavy atom. The molecule has 0 bridgehead atoms. The molecule has 0 fully saturated rings. The number of hydrogen-bond donors (Lipinski definition) is 2. The summed E-state index contributed by atoms with van der Waals surface area (Å²) in [6, 6.07) is 0. The Bertz CT molecular complexity index is 204. The molecule has 100 valence electrons. The predicted octanol–water partition coefficient (Wildman–Crippen LogP) is 3.54. The predicted molar refractivity (Wildman–Crippen MR) is 72.1 cm³/mol. The number of carboxylic acids is 1. The maximum absolute atomic E-state index is 9.00. The van der Waals surface area contributed by atoms with Crippen molar-refractivity contribution in [1.29, 1.82) is 0 Å². The zero-order chi connectivity index (χ0) is 13.4. The molecule has 17 heavy (non-hydrogen) atoms. The normalized spacial score (nSPS) is 10.5. The number of hydrogen-bond acceptors (Lipinski definition) is 2. The van der Waals surface area contributed by atoms with E-state index in [1.54, 1.807) is 0 Å². The molecule has 0 saturated heterocycles. The molecule has 0 saturated carbocycles. The fraction of sp³-hybridized carbons (Fsp3) is 0.643. The Hall–Kier alpha value is -1.09. The topological polar surface area (TPSA) is 57.5 Å². The molecule has 0 aromatic carbocycles. The quantitative estimate of drug-likeness (QED) is 0.505. The summed E-state index contributed by atoms with van der Waals surface area (Å²) in [7, 11) is 0. The Labute approximate surface area is 105 Å². The lowest BCUT2D eigenvalue weighted by molar-refractivity contribution is -0.134. The summed E-state index contributed by atoms with van der Waals surface area (Å²) in [4.78, 5) is 9.00. The van der Waals surface area contributed by atoms with Crippen LogP contribution in [0.3, 0.4) is 0 Å². The first-order chi connectivity index (χ1) is 8.15. The number of aliphatic carboxylic acids is 1. The fourth-order valence-electron chi connectivity index (χ4n) is 1.12. The zero-order valence-electron chi connectivity index (χ0n) is 11.1. The van der Waals surface area contributed by atoms with Crippen LogP contribution in [0.4, 0.5) is 0 Å². The van der Waals surface area contributed by atoms with Gasteiger partial charge in [0, 0.05) is 13.5 Å². The largest absolute Gasteiger partial charge is 0.481 e. The third-order valence-corrected chi connectivity index (χ3v) is 1.90. The number of unbranched alkanes of at least 4 members (excludes halogenated alkanes) is 4. The summed E-state index contributed by atoms with van der Waals surface area (Å²) >= 11 is 0. The van der Waals surface area contributed by atoms with Gasteiger partial charge in [-0.25, -0.2) is 0 Å². The molecule has 3 heteroatoms. The SMILES string of the molecule is CC(=O)O.CC/C=C\C=C\CCCCCCO. The van der Waals surface area contributed by atoms with E-state index in [1.807, 2.05) is 0 Å². The summed E-state index contributed by atoms with van der Waals surface area (Å²) in [5, 5.41) is 16.0. The van der Waals surface area contributed by atoms with Crippen LogP contribution in [0, 0.1) is 0 Å². The van der Waals surface area contributed by atoms with Crippen molar-refractivity contribution in [2.24, 2.45) is 0 Å². The van der Waals surface area contributed by atoms with Gasteiger partial charge in [0.15, 0.2) is 0 Å². The number of aliphatic hydroxyl groups is 1. The van der Waals surface area contributed by atoms with Gasteiger partial charge in [-0.05, 0) is 25.7 Å². The number of aliphatic hydroxyl groups excluding tert-OH is 1. The highest BCUT2D eigenvalue weighted by Gasteiger charge is 1.85. The van der Waals surface area contributed by atoms with Gasteiger partial charge in [-0.3, -0.25) is 4.79 Å². The molecular weight excluding hydrogens is 216 g/mol. The Balaban J connectivity index is 0. The van der Waals surface area contributed by atoms with E-state index in [-0.39, 0.29) is 0 Å². The molecule has 0 unspecified atom stereocenters. The Kier molecular flexibility index (Phi) is 18.6. The Morgan fingerprint density at radius 1 is 1.06 bits per heavy atom. The number of carbonyl (C=O) groups is 1. The molecule has 0 aliphatic carbocycles. The van der Waals surface area contributed by atoms with Gasteiger partial charge >= 0.3 is 0 Å². The van der Waals surface area contributed by atoms with Gasteiger partial charge in [-0.2, -0.15) is 0 Å². The van der Waals surface area contributed by atoms with Crippen LogP contribution in [0.1, 0.15) is 52.4 Å². The maximum atomic E-state index is 9.00. The van der Waals surface area contributed by atoms with Gasteiger partial charge in [0.05, 0.1) is 0 Å². The first-order valence-electron chi connectivity index (χ1n) is 6.27. The second-order valence-electron chi connectivity index (χ2n) is 3.71. The molecule has 0 aromatic heterocycles. The lowest BCUT2D eigenvalue weighted by Gasteiger charge is -1.94. The average molecular weight is 242 g/mol. The highest BCUT2D eigenvalue weighted by molar-refractivity contribution is 5.62. The van der Waals surface area contributed by atoms with E-state index < -0.39 is 5.97 Å².